The fraction of sp³-hybridized carbons (Fsp3) is 0.368. The zero-order valence-corrected chi connectivity index (χ0v) is 14.4. The summed E-state index contributed by atoms with van der Waals surface area (Å²) in [7, 11) is 0. The predicted octanol–water partition coefficient (Wildman–Crippen LogP) is 4.41. The second kappa shape index (κ2) is 7.30. The van der Waals surface area contributed by atoms with E-state index >= 15 is 0 Å². The average Bonchev–Trinajstić information content (AvgIpc) is 2.54. The number of hydrogen-bond acceptors (Lipinski definition) is 2. The van der Waals surface area contributed by atoms with E-state index in [1.807, 2.05) is 12.1 Å². The molecule has 0 unspecified atom stereocenters. The highest BCUT2D eigenvalue weighted by molar-refractivity contribution is 9.10. The SMILES string of the molecule is NCCc1cc2c(cc1OCc1ccc(Br)cc1)CCCC2. The highest BCUT2D eigenvalue weighted by Crippen LogP contribution is 2.30. The van der Waals surface area contributed by atoms with Crippen molar-refractivity contribution >= 4 is 15.9 Å². The number of hydrogen-bond donors (Lipinski definition) is 1. The first-order valence-electron chi connectivity index (χ1n) is 7.98. The summed E-state index contributed by atoms with van der Waals surface area (Å²) in [5.41, 5.74) is 11.1. The third-order valence-electron chi connectivity index (χ3n) is 4.25. The lowest BCUT2D eigenvalue weighted by Gasteiger charge is -2.20. The van der Waals surface area contributed by atoms with Crippen molar-refractivity contribution < 1.29 is 4.74 Å². The van der Waals surface area contributed by atoms with Gasteiger partial charge in [-0.25, -0.2) is 0 Å². The maximum atomic E-state index is 6.11. The van der Waals surface area contributed by atoms with Crippen molar-refractivity contribution in [3.05, 3.63) is 63.1 Å². The van der Waals surface area contributed by atoms with Gasteiger partial charge in [0.2, 0.25) is 0 Å². The van der Waals surface area contributed by atoms with Gasteiger partial charge in [0.15, 0.2) is 0 Å². The molecule has 0 bridgehead atoms. The molecule has 116 valence electrons. The Bertz CT molecular complexity index is 637. The highest BCUT2D eigenvalue weighted by atomic mass is 79.9. The predicted molar refractivity (Wildman–Crippen MR) is 94.3 cm³/mol. The number of aryl methyl sites for hydroxylation is 2. The van der Waals surface area contributed by atoms with Crippen molar-refractivity contribution in [2.24, 2.45) is 5.73 Å². The Morgan fingerprint density at radius 3 is 2.36 bits per heavy atom. The topological polar surface area (TPSA) is 35.2 Å². The molecule has 3 rings (SSSR count). The number of ether oxygens (including phenoxy) is 1. The Morgan fingerprint density at radius 1 is 1.00 bits per heavy atom. The summed E-state index contributed by atoms with van der Waals surface area (Å²) in [6, 6.07) is 12.8. The molecule has 2 aromatic rings. The summed E-state index contributed by atoms with van der Waals surface area (Å²) in [6.45, 7) is 1.26. The van der Waals surface area contributed by atoms with Crippen molar-refractivity contribution in [2.45, 2.75) is 38.7 Å². The van der Waals surface area contributed by atoms with Gasteiger partial charge in [-0.1, -0.05) is 34.1 Å². The van der Waals surface area contributed by atoms with Crippen LogP contribution in [0.25, 0.3) is 0 Å². The fourth-order valence-electron chi connectivity index (χ4n) is 3.04. The van der Waals surface area contributed by atoms with E-state index in [1.54, 1.807) is 0 Å². The molecule has 2 N–H and O–H groups in total. The zero-order valence-electron chi connectivity index (χ0n) is 12.8. The molecular formula is C19H22BrNO. The minimum Gasteiger partial charge on any atom is -0.489 e. The number of fused-ring (bicyclic) bond motifs is 1. The molecule has 0 atom stereocenters. The van der Waals surface area contributed by atoms with Gasteiger partial charge in [0.25, 0.3) is 0 Å². The van der Waals surface area contributed by atoms with Gasteiger partial charge < -0.3 is 10.5 Å². The summed E-state index contributed by atoms with van der Waals surface area (Å²) in [4.78, 5) is 0. The Labute approximate surface area is 140 Å². The first-order chi connectivity index (χ1) is 10.8. The molecular weight excluding hydrogens is 338 g/mol. The van der Waals surface area contributed by atoms with Crippen LogP contribution < -0.4 is 10.5 Å². The molecule has 0 amide bonds. The quantitative estimate of drug-likeness (QED) is 0.857. The van der Waals surface area contributed by atoms with Crippen molar-refractivity contribution in [3.8, 4) is 5.75 Å². The summed E-state index contributed by atoms with van der Waals surface area (Å²) < 4.78 is 7.20. The minimum absolute atomic E-state index is 0.601. The van der Waals surface area contributed by atoms with E-state index < -0.39 is 0 Å². The van der Waals surface area contributed by atoms with Crippen molar-refractivity contribution in [1.82, 2.24) is 0 Å². The summed E-state index contributed by atoms with van der Waals surface area (Å²) >= 11 is 3.46. The molecule has 0 fully saturated rings. The number of benzene rings is 2. The lowest BCUT2D eigenvalue weighted by atomic mass is 9.89. The third kappa shape index (κ3) is 3.71. The molecule has 0 aliphatic heterocycles. The molecule has 0 saturated heterocycles. The number of nitrogens with two attached hydrogens (primary N) is 1. The van der Waals surface area contributed by atoms with Crippen LogP contribution in [0.15, 0.2) is 40.9 Å². The van der Waals surface area contributed by atoms with Crippen LogP contribution in [0.5, 0.6) is 5.75 Å². The standard InChI is InChI=1S/C19H22BrNO/c20-18-7-5-14(6-8-18)13-22-19-12-16-4-2-1-3-15(16)11-17(19)9-10-21/h5-8,11-12H,1-4,9-10,13,21H2. The summed E-state index contributed by atoms with van der Waals surface area (Å²) in [5, 5.41) is 0. The van der Waals surface area contributed by atoms with E-state index in [1.165, 1.54) is 47.9 Å². The first-order valence-corrected chi connectivity index (χ1v) is 8.77. The van der Waals surface area contributed by atoms with Gasteiger partial charge in [-0.05, 0) is 79.1 Å². The lowest BCUT2D eigenvalue weighted by Crippen LogP contribution is -2.09. The minimum atomic E-state index is 0.601. The molecule has 1 aliphatic carbocycles. The van der Waals surface area contributed by atoms with Crippen LogP contribution in [0.4, 0.5) is 0 Å². The molecule has 3 heteroatoms. The molecule has 2 nitrogen and oxygen atoms in total. The van der Waals surface area contributed by atoms with Gasteiger partial charge in [0.1, 0.15) is 12.4 Å². The Morgan fingerprint density at radius 2 is 1.68 bits per heavy atom. The van der Waals surface area contributed by atoms with E-state index in [2.05, 4.69) is 40.2 Å². The molecule has 22 heavy (non-hydrogen) atoms. The van der Waals surface area contributed by atoms with Crippen molar-refractivity contribution in [2.75, 3.05) is 6.54 Å². The van der Waals surface area contributed by atoms with Crippen LogP contribution in [-0.4, -0.2) is 6.54 Å². The van der Waals surface area contributed by atoms with E-state index in [4.69, 9.17) is 10.5 Å². The molecule has 0 radical (unpaired) electrons. The molecule has 0 aromatic heterocycles. The molecule has 0 spiro atoms. The monoisotopic (exact) mass is 359 g/mol. The van der Waals surface area contributed by atoms with Gasteiger partial charge in [-0.15, -0.1) is 0 Å². The van der Waals surface area contributed by atoms with Crippen molar-refractivity contribution in [1.29, 1.82) is 0 Å². The van der Waals surface area contributed by atoms with Crippen LogP contribution >= 0.6 is 15.9 Å². The second-order valence-corrected chi connectivity index (χ2v) is 6.81. The van der Waals surface area contributed by atoms with Gasteiger partial charge in [0.05, 0.1) is 0 Å². The smallest absolute Gasteiger partial charge is 0.123 e. The molecule has 0 saturated carbocycles. The number of halogens is 1. The molecule has 2 aromatic carbocycles. The van der Waals surface area contributed by atoms with E-state index in [9.17, 15) is 0 Å². The average molecular weight is 360 g/mol. The second-order valence-electron chi connectivity index (χ2n) is 5.89. The maximum absolute atomic E-state index is 6.11. The molecule has 0 heterocycles. The van der Waals surface area contributed by atoms with Crippen LogP contribution in [0, 0.1) is 0 Å². The first kappa shape index (κ1) is 15.6. The van der Waals surface area contributed by atoms with E-state index in [0.29, 0.717) is 13.2 Å². The fourth-order valence-corrected chi connectivity index (χ4v) is 3.31. The largest absolute Gasteiger partial charge is 0.489 e. The zero-order chi connectivity index (χ0) is 15.4. The Balaban J connectivity index is 1.80. The summed E-state index contributed by atoms with van der Waals surface area (Å²) in [5.74, 6) is 1.01. The highest BCUT2D eigenvalue weighted by Gasteiger charge is 2.14. The van der Waals surface area contributed by atoms with Gasteiger partial charge in [0, 0.05) is 4.47 Å². The Hall–Kier alpha value is -1.32. The maximum Gasteiger partial charge on any atom is 0.123 e. The van der Waals surface area contributed by atoms with Gasteiger partial charge in [-0.2, -0.15) is 0 Å². The third-order valence-corrected chi connectivity index (χ3v) is 4.77. The van der Waals surface area contributed by atoms with E-state index in [-0.39, 0.29) is 0 Å². The summed E-state index contributed by atoms with van der Waals surface area (Å²) in [6.07, 6.45) is 5.83. The normalized spacial score (nSPS) is 13.7. The van der Waals surface area contributed by atoms with Crippen molar-refractivity contribution in [3.63, 3.8) is 0 Å². The molecule has 1 aliphatic rings. The van der Waals surface area contributed by atoms with E-state index in [0.717, 1.165) is 16.6 Å². The lowest BCUT2D eigenvalue weighted by molar-refractivity contribution is 0.302. The van der Waals surface area contributed by atoms with Gasteiger partial charge >= 0.3 is 0 Å². The van der Waals surface area contributed by atoms with Crippen LogP contribution in [0.1, 0.15) is 35.1 Å². The van der Waals surface area contributed by atoms with Crippen LogP contribution in [0.3, 0.4) is 0 Å². The van der Waals surface area contributed by atoms with Gasteiger partial charge in [-0.3, -0.25) is 0 Å². The number of rotatable bonds is 5. The van der Waals surface area contributed by atoms with Crippen LogP contribution in [0.2, 0.25) is 0 Å². The Kier molecular flexibility index (Phi) is 5.16. The van der Waals surface area contributed by atoms with Crippen LogP contribution in [-0.2, 0) is 25.9 Å².